The van der Waals surface area contributed by atoms with Crippen LogP contribution in [0.5, 0.6) is 0 Å². The van der Waals surface area contributed by atoms with E-state index in [9.17, 15) is 9.59 Å². The molecule has 0 aliphatic carbocycles. The molecule has 0 spiro atoms. The normalized spacial score (nSPS) is 18.9. The number of carboxylic acids is 1. The van der Waals surface area contributed by atoms with Gasteiger partial charge in [0.1, 0.15) is 12.1 Å². The van der Waals surface area contributed by atoms with Crippen molar-refractivity contribution < 1.29 is 19.4 Å². The Labute approximate surface area is 119 Å². The van der Waals surface area contributed by atoms with Crippen LogP contribution in [0.4, 0.5) is 0 Å². The van der Waals surface area contributed by atoms with Gasteiger partial charge in [-0.1, -0.05) is 17.3 Å². The fourth-order valence-corrected chi connectivity index (χ4v) is 2.29. The number of nitrogens with zero attached hydrogens (tertiary/aromatic N) is 4. The van der Waals surface area contributed by atoms with Gasteiger partial charge in [0.25, 0.3) is 0 Å². The van der Waals surface area contributed by atoms with Crippen molar-refractivity contribution in [2.24, 2.45) is 0 Å². The van der Waals surface area contributed by atoms with Crippen molar-refractivity contribution in [2.45, 2.75) is 12.6 Å². The molecule has 1 aromatic carbocycles. The first kappa shape index (κ1) is 13.5. The maximum atomic E-state index is 12.3. The zero-order valence-corrected chi connectivity index (χ0v) is 11.2. The third kappa shape index (κ3) is 2.70. The van der Waals surface area contributed by atoms with Crippen molar-refractivity contribution in [2.75, 3.05) is 19.7 Å². The van der Waals surface area contributed by atoms with Gasteiger partial charge >= 0.3 is 5.97 Å². The minimum absolute atomic E-state index is 0.0346. The van der Waals surface area contributed by atoms with Crippen LogP contribution in [0.15, 0.2) is 24.3 Å². The molecule has 8 nitrogen and oxygen atoms in total. The Kier molecular flexibility index (Phi) is 3.53. The van der Waals surface area contributed by atoms with E-state index in [1.54, 1.807) is 0 Å². The van der Waals surface area contributed by atoms with Crippen molar-refractivity contribution in [1.82, 2.24) is 19.9 Å². The smallest absolute Gasteiger partial charge is 0.334 e. The third-order valence-electron chi connectivity index (χ3n) is 3.40. The van der Waals surface area contributed by atoms with E-state index in [0.717, 1.165) is 11.0 Å². The summed E-state index contributed by atoms with van der Waals surface area (Å²) in [4.78, 5) is 24.7. The van der Waals surface area contributed by atoms with Gasteiger partial charge in [0.05, 0.1) is 18.7 Å². The lowest BCUT2D eigenvalue weighted by Gasteiger charge is -2.30. The Bertz CT molecular complexity index is 684. The highest BCUT2D eigenvalue weighted by atomic mass is 16.5. The summed E-state index contributed by atoms with van der Waals surface area (Å²) in [5.74, 6) is -1.25. The summed E-state index contributed by atoms with van der Waals surface area (Å²) in [7, 11) is 0. The summed E-state index contributed by atoms with van der Waals surface area (Å²) in [6, 6.07) is 7.35. The first-order chi connectivity index (χ1) is 10.1. The van der Waals surface area contributed by atoms with Gasteiger partial charge in [-0.05, 0) is 12.1 Å². The molecule has 0 saturated carbocycles. The molecule has 21 heavy (non-hydrogen) atoms. The van der Waals surface area contributed by atoms with E-state index in [0.29, 0.717) is 6.54 Å². The van der Waals surface area contributed by atoms with Crippen LogP contribution < -0.4 is 0 Å². The highest BCUT2D eigenvalue weighted by Gasteiger charge is 2.29. The van der Waals surface area contributed by atoms with Gasteiger partial charge in [-0.15, -0.1) is 5.10 Å². The molecular formula is C13H14N4O4. The number of benzene rings is 1. The van der Waals surface area contributed by atoms with Gasteiger partial charge < -0.3 is 14.7 Å². The van der Waals surface area contributed by atoms with E-state index < -0.39 is 12.1 Å². The highest BCUT2D eigenvalue weighted by Crippen LogP contribution is 2.11. The molecule has 0 radical (unpaired) electrons. The van der Waals surface area contributed by atoms with Crippen LogP contribution >= 0.6 is 0 Å². The molecule has 1 aliphatic heterocycles. The zero-order valence-electron chi connectivity index (χ0n) is 11.2. The Morgan fingerprint density at radius 1 is 1.38 bits per heavy atom. The number of carbonyl (C=O) groups excluding carboxylic acids is 1. The van der Waals surface area contributed by atoms with Crippen LogP contribution in [0.1, 0.15) is 0 Å². The van der Waals surface area contributed by atoms with E-state index >= 15 is 0 Å². The second kappa shape index (κ2) is 5.49. The number of fused-ring (bicyclic) bond motifs is 1. The molecule has 8 heteroatoms. The largest absolute Gasteiger partial charge is 0.479 e. The maximum absolute atomic E-state index is 12.3. The standard InChI is InChI=1S/C13H14N4O4/c18-12(16-5-6-21-11(7-16)13(19)20)8-17-10-4-2-1-3-9(10)14-15-17/h1-4,11H,5-8H2,(H,19,20)/t11-/m0/s1. The topological polar surface area (TPSA) is 97.6 Å². The molecule has 0 bridgehead atoms. The number of aromatic nitrogens is 3. The van der Waals surface area contributed by atoms with Crippen molar-refractivity contribution in [1.29, 1.82) is 0 Å². The molecule has 1 saturated heterocycles. The molecule has 2 heterocycles. The third-order valence-corrected chi connectivity index (χ3v) is 3.40. The van der Waals surface area contributed by atoms with Crippen LogP contribution in [-0.4, -0.2) is 62.7 Å². The molecule has 1 aliphatic rings. The summed E-state index contributed by atoms with van der Waals surface area (Å²) in [5.41, 5.74) is 1.49. The molecule has 110 valence electrons. The number of carboxylic acid groups (broad SMARTS) is 1. The SMILES string of the molecule is O=C(O)[C@@H]1CN(C(=O)Cn2nnc3ccccc32)CCO1. The van der Waals surface area contributed by atoms with E-state index in [1.807, 2.05) is 24.3 Å². The molecule has 1 fully saturated rings. The number of aliphatic carboxylic acids is 1. The number of morpholine rings is 1. The molecule has 1 atom stereocenters. The molecule has 2 aromatic rings. The molecule has 1 amide bonds. The maximum Gasteiger partial charge on any atom is 0.334 e. The second-order valence-corrected chi connectivity index (χ2v) is 4.77. The Morgan fingerprint density at radius 3 is 3.00 bits per heavy atom. The van der Waals surface area contributed by atoms with Gasteiger partial charge in [0.15, 0.2) is 6.10 Å². The van der Waals surface area contributed by atoms with Gasteiger partial charge in [0, 0.05) is 6.54 Å². The quantitative estimate of drug-likeness (QED) is 0.836. The van der Waals surface area contributed by atoms with E-state index in [4.69, 9.17) is 9.84 Å². The Hall–Kier alpha value is -2.48. The summed E-state index contributed by atoms with van der Waals surface area (Å²) < 4.78 is 6.61. The molecule has 1 N–H and O–H groups in total. The van der Waals surface area contributed by atoms with E-state index in [2.05, 4.69) is 10.3 Å². The summed E-state index contributed by atoms with van der Waals surface area (Å²) >= 11 is 0. The van der Waals surface area contributed by atoms with Crippen molar-refractivity contribution in [3.8, 4) is 0 Å². The van der Waals surface area contributed by atoms with Crippen molar-refractivity contribution in [3.63, 3.8) is 0 Å². The summed E-state index contributed by atoms with van der Waals surface area (Å²) in [6.07, 6.45) is -0.963. The van der Waals surface area contributed by atoms with Gasteiger partial charge in [-0.3, -0.25) is 4.79 Å². The van der Waals surface area contributed by atoms with Gasteiger partial charge in [-0.25, -0.2) is 9.48 Å². The van der Waals surface area contributed by atoms with Crippen molar-refractivity contribution in [3.05, 3.63) is 24.3 Å². The zero-order chi connectivity index (χ0) is 14.8. The lowest BCUT2D eigenvalue weighted by atomic mass is 10.2. The fraction of sp³-hybridized carbons (Fsp3) is 0.385. The highest BCUT2D eigenvalue weighted by molar-refractivity contribution is 5.81. The lowest BCUT2D eigenvalue weighted by molar-refractivity contribution is -0.159. The number of para-hydroxylation sites is 1. The monoisotopic (exact) mass is 290 g/mol. The van der Waals surface area contributed by atoms with Gasteiger partial charge in [0.2, 0.25) is 5.91 Å². The van der Waals surface area contributed by atoms with Crippen LogP contribution in [-0.2, 0) is 20.9 Å². The first-order valence-corrected chi connectivity index (χ1v) is 6.55. The van der Waals surface area contributed by atoms with Crippen LogP contribution in [0, 0.1) is 0 Å². The number of ether oxygens (including phenoxy) is 1. The molecule has 3 rings (SSSR count). The van der Waals surface area contributed by atoms with E-state index in [-0.39, 0.29) is 25.6 Å². The lowest BCUT2D eigenvalue weighted by Crippen LogP contribution is -2.49. The average molecular weight is 290 g/mol. The van der Waals surface area contributed by atoms with Crippen molar-refractivity contribution >= 4 is 22.9 Å². The minimum Gasteiger partial charge on any atom is -0.479 e. The van der Waals surface area contributed by atoms with Crippen LogP contribution in [0.3, 0.4) is 0 Å². The molecule has 0 unspecified atom stereocenters. The predicted molar refractivity (Wildman–Crippen MR) is 71.5 cm³/mol. The summed E-state index contributed by atoms with van der Waals surface area (Å²) in [5, 5.41) is 16.9. The second-order valence-electron chi connectivity index (χ2n) is 4.77. The average Bonchev–Trinajstić information content (AvgIpc) is 2.91. The number of amides is 1. The van der Waals surface area contributed by atoms with Crippen LogP contribution in [0.25, 0.3) is 11.0 Å². The Balaban J connectivity index is 1.72. The fourth-order valence-electron chi connectivity index (χ4n) is 2.29. The molecular weight excluding hydrogens is 276 g/mol. The van der Waals surface area contributed by atoms with Crippen LogP contribution in [0.2, 0.25) is 0 Å². The minimum atomic E-state index is -1.06. The first-order valence-electron chi connectivity index (χ1n) is 6.55. The number of carbonyl (C=O) groups is 2. The Morgan fingerprint density at radius 2 is 2.19 bits per heavy atom. The summed E-state index contributed by atoms with van der Waals surface area (Å²) in [6.45, 7) is 0.698. The number of rotatable bonds is 3. The van der Waals surface area contributed by atoms with Gasteiger partial charge in [-0.2, -0.15) is 0 Å². The number of hydrogen-bond acceptors (Lipinski definition) is 5. The predicted octanol–water partition coefficient (Wildman–Crippen LogP) is -0.257. The van der Waals surface area contributed by atoms with E-state index in [1.165, 1.54) is 9.58 Å². The number of hydrogen-bond donors (Lipinski definition) is 1. The molecule has 1 aromatic heterocycles.